The van der Waals surface area contributed by atoms with Gasteiger partial charge in [-0.05, 0) is 6.07 Å². The van der Waals surface area contributed by atoms with Crippen LogP contribution in [-0.4, -0.2) is 59.3 Å². The van der Waals surface area contributed by atoms with Crippen LogP contribution in [0.2, 0.25) is 0 Å². The predicted octanol–water partition coefficient (Wildman–Crippen LogP) is -0.641. The first-order valence-corrected chi connectivity index (χ1v) is 8.64. The van der Waals surface area contributed by atoms with E-state index in [1.165, 1.54) is 15.9 Å². The zero-order chi connectivity index (χ0) is 18.8. The van der Waals surface area contributed by atoms with Gasteiger partial charge in [0.1, 0.15) is 17.3 Å². The highest BCUT2D eigenvalue weighted by Gasteiger charge is 2.20. The number of nitrogens with zero attached hydrogens (tertiary/aromatic N) is 2. The number of hydrogen-bond donors (Lipinski definition) is 4. The van der Waals surface area contributed by atoms with Crippen molar-refractivity contribution in [3.63, 3.8) is 0 Å². The Hall–Kier alpha value is -2.37. The smallest absolute Gasteiger partial charge is 0.293 e. The van der Waals surface area contributed by atoms with Crippen molar-refractivity contribution in [3.05, 3.63) is 27.8 Å². The molecule has 0 saturated heterocycles. The van der Waals surface area contributed by atoms with Gasteiger partial charge in [0.15, 0.2) is 0 Å². The van der Waals surface area contributed by atoms with Crippen molar-refractivity contribution in [1.82, 2.24) is 0 Å². The lowest BCUT2D eigenvalue weighted by Crippen LogP contribution is -3.05. The van der Waals surface area contributed by atoms with Crippen LogP contribution in [0.3, 0.4) is 0 Å². The molecule has 0 saturated carbocycles. The number of anilines is 2. The fourth-order valence-corrected chi connectivity index (χ4v) is 2.51. The van der Waals surface area contributed by atoms with Gasteiger partial charge < -0.3 is 20.4 Å². The maximum Gasteiger partial charge on any atom is 0.293 e. The van der Waals surface area contributed by atoms with Gasteiger partial charge in [-0.1, -0.05) is 0 Å². The van der Waals surface area contributed by atoms with Crippen molar-refractivity contribution in [1.29, 1.82) is 5.26 Å². The van der Waals surface area contributed by atoms with E-state index in [1.54, 1.807) is 6.07 Å². The van der Waals surface area contributed by atoms with Crippen molar-refractivity contribution in [2.24, 2.45) is 0 Å². The van der Waals surface area contributed by atoms with E-state index in [9.17, 15) is 15.4 Å². The highest BCUT2D eigenvalue weighted by molar-refractivity contribution is 5.79. The Morgan fingerprint density at radius 2 is 1.64 bits per heavy atom. The molecule has 0 radical (unpaired) electrons. The lowest BCUT2D eigenvalue weighted by atomic mass is 10.1. The molecule has 0 fully saturated rings. The maximum absolute atomic E-state index is 11.3. The molecule has 8 heteroatoms. The van der Waals surface area contributed by atoms with E-state index in [2.05, 4.69) is 44.9 Å². The van der Waals surface area contributed by atoms with Crippen LogP contribution >= 0.6 is 0 Å². The molecule has 1 rings (SSSR count). The number of rotatable bonds is 11. The SMILES string of the molecule is C[NH+](C)CCCNc1ccc([N+](=O)[O-])c(NCCC[NH+](C)C)c1C#N. The van der Waals surface area contributed by atoms with Gasteiger partial charge in [0.2, 0.25) is 0 Å². The largest absolute Gasteiger partial charge is 0.384 e. The van der Waals surface area contributed by atoms with Crippen molar-refractivity contribution in [3.8, 4) is 6.07 Å². The third-order valence-corrected chi connectivity index (χ3v) is 3.82. The summed E-state index contributed by atoms with van der Waals surface area (Å²) in [6.45, 7) is 3.28. The Morgan fingerprint density at radius 3 is 2.12 bits per heavy atom. The van der Waals surface area contributed by atoms with Crippen LogP contribution in [-0.2, 0) is 0 Å². The van der Waals surface area contributed by atoms with E-state index < -0.39 is 4.92 Å². The van der Waals surface area contributed by atoms with Crippen molar-refractivity contribution >= 4 is 17.1 Å². The highest BCUT2D eigenvalue weighted by atomic mass is 16.6. The number of quaternary nitrogens is 2. The first kappa shape index (κ1) is 20.7. The second-order valence-electron chi connectivity index (χ2n) is 6.73. The number of nitrogens with one attached hydrogen (secondary N) is 4. The Bertz CT molecular complexity index is 610. The van der Waals surface area contributed by atoms with Crippen LogP contribution in [0.4, 0.5) is 17.1 Å². The summed E-state index contributed by atoms with van der Waals surface area (Å²) in [5.41, 5.74) is 1.20. The van der Waals surface area contributed by atoms with Gasteiger partial charge in [-0.3, -0.25) is 10.1 Å². The van der Waals surface area contributed by atoms with Crippen LogP contribution in [0.5, 0.6) is 0 Å². The average molecular weight is 350 g/mol. The van der Waals surface area contributed by atoms with Gasteiger partial charge in [0.05, 0.1) is 51.9 Å². The van der Waals surface area contributed by atoms with Crippen molar-refractivity contribution in [2.45, 2.75) is 12.8 Å². The summed E-state index contributed by atoms with van der Waals surface area (Å²) < 4.78 is 0. The molecule has 0 spiro atoms. The molecule has 0 aliphatic heterocycles. The molecule has 1 aromatic carbocycles. The normalized spacial score (nSPS) is 10.8. The molecule has 25 heavy (non-hydrogen) atoms. The number of benzene rings is 1. The highest BCUT2D eigenvalue weighted by Crippen LogP contribution is 2.33. The summed E-state index contributed by atoms with van der Waals surface area (Å²) in [6, 6.07) is 5.20. The fourth-order valence-electron chi connectivity index (χ4n) is 2.51. The van der Waals surface area contributed by atoms with E-state index >= 15 is 0 Å². The molecule has 8 nitrogen and oxygen atoms in total. The second kappa shape index (κ2) is 10.5. The fraction of sp³-hybridized carbons (Fsp3) is 0.588. The molecule has 138 valence electrons. The van der Waals surface area contributed by atoms with Crippen molar-refractivity contribution in [2.75, 3.05) is 65.0 Å². The summed E-state index contributed by atoms with van der Waals surface area (Å²) in [5, 5.41) is 27.2. The van der Waals surface area contributed by atoms with Gasteiger partial charge in [0, 0.05) is 32.0 Å². The number of nitro groups is 1. The minimum Gasteiger partial charge on any atom is -0.384 e. The van der Waals surface area contributed by atoms with Crippen LogP contribution in [0.25, 0.3) is 0 Å². The standard InChI is InChI=1S/C17H28N6O2/c1-21(2)11-5-9-19-15-7-8-16(23(24)25)17(14(15)13-18)20-10-6-12-22(3)4/h7-8,19-20H,5-6,9-12H2,1-4H3/p+2. The lowest BCUT2D eigenvalue weighted by molar-refractivity contribution is -0.858. The quantitative estimate of drug-likeness (QED) is 0.242. The van der Waals surface area contributed by atoms with Gasteiger partial charge >= 0.3 is 0 Å². The van der Waals surface area contributed by atoms with Crippen LogP contribution in [0.1, 0.15) is 18.4 Å². The molecule has 0 amide bonds. The molecular weight excluding hydrogens is 320 g/mol. The summed E-state index contributed by atoms with van der Waals surface area (Å²) in [6.07, 6.45) is 1.83. The number of nitro benzene ring substituents is 1. The lowest BCUT2D eigenvalue weighted by Gasteiger charge is -2.14. The third-order valence-electron chi connectivity index (χ3n) is 3.82. The van der Waals surface area contributed by atoms with Gasteiger partial charge in [-0.25, -0.2) is 0 Å². The average Bonchev–Trinajstić information content (AvgIpc) is 2.54. The van der Waals surface area contributed by atoms with Gasteiger partial charge in [-0.2, -0.15) is 5.26 Å². The monoisotopic (exact) mass is 350 g/mol. The van der Waals surface area contributed by atoms with E-state index in [-0.39, 0.29) is 5.69 Å². The molecule has 0 aromatic heterocycles. The molecule has 1 aromatic rings. The van der Waals surface area contributed by atoms with Crippen LogP contribution < -0.4 is 20.4 Å². The number of nitriles is 1. The Kier molecular flexibility index (Phi) is 8.67. The molecule has 0 atom stereocenters. The minimum absolute atomic E-state index is 0.0583. The number of hydrogen-bond acceptors (Lipinski definition) is 5. The van der Waals surface area contributed by atoms with E-state index in [0.29, 0.717) is 23.5 Å². The maximum atomic E-state index is 11.3. The minimum atomic E-state index is -0.445. The molecule has 4 N–H and O–H groups in total. The van der Waals surface area contributed by atoms with E-state index in [1.807, 2.05) is 0 Å². The Morgan fingerprint density at radius 1 is 1.08 bits per heavy atom. The molecule has 0 unspecified atom stereocenters. The molecular formula is C17H30N6O2+2. The predicted molar refractivity (Wildman–Crippen MR) is 99.4 cm³/mol. The van der Waals surface area contributed by atoms with Gasteiger partial charge in [-0.15, -0.1) is 0 Å². The first-order valence-electron chi connectivity index (χ1n) is 8.64. The van der Waals surface area contributed by atoms with Gasteiger partial charge in [0.25, 0.3) is 5.69 Å². The molecule has 0 aliphatic rings. The second-order valence-corrected chi connectivity index (χ2v) is 6.73. The Balaban J connectivity index is 2.91. The summed E-state index contributed by atoms with van der Waals surface area (Å²) in [4.78, 5) is 13.5. The van der Waals surface area contributed by atoms with E-state index in [0.717, 1.165) is 32.5 Å². The summed E-state index contributed by atoms with van der Waals surface area (Å²) in [7, 11) is 8.29. The van der Waals surface area contributed by atoms with E-state index in [4.69, 9.17) is 0 Å². The topological polar surface area (TPSA) is 99.9 Å². The molecule has 0 bridgehead atoms. The third kappa shape index (κ3) is 6.95. The van der Waals surface area contributed by atoms with Crippen LogP contribution in [0, 0.1) is 21.4 Å². The summed E-state index contributed by atoms with van der Waals surface area (Å²) in [5.74, 6) is 0. The zero-order valence-corrected chi connectivity index (χ0v) is 15.6. The van der Waals surface area contributed by atoms with Crippen LogP contribution in [0.15, 0.2) is 12.1 Å². The first-order chi connectivity index (χ1) is 11.9. The van der Waals surface area contributed by atoms with Crippen molar-refractivity contribution < 1.29 is 14.7 Å². The summed E-state index contributed by atoms with van der Waals surface area (Å²) >= 11 is 0. The molecule has 0 aliphatic carbocycles. The Labute approximate surface area is 149 Å². The molecule has 0 heterocycles. The zero-order valence-electron chi connectivity index (χ0n) is 15.6.